The second kappa shape index (κ2) is 7.00. The normalized spacial score (nSPS) is 10.7. The molecule has 0 aliphatic heterocycles. The van der Waals surface area contributed by atoms with Gasteiger partial charge in [0.25, 0.3) is 5.69 Å². The van der Waals surface area contributed by atoms with Crippen LogP contribution in [0, 0.1) is 10.1 Å². The number of hydrogen-bond acceptors (Lipinski definition) is 5. The maximum atomic E-state index is 11.4. The average Bonchev–Trinajstić information content (AvgIpc) is 2.37. The number of nitrogens with zero attached hydrogens (tertiary/aromatic N) is 3. The third-order valence-electron chi connectivity index (χ3n) is 3.10. The van der Waals surface area contributed by atoms with E-state index in [1.807, 2.05) is 26.0 Å². The number of nitro groups is 1. The van der Waals surface area contributed by atoms with Gasteiger partial charge < -0.3 is 9.80 Å². The van der Waals surface area contributed by atoms with E-state index in [0.29, 0.717) is 0 Å². The lowest BCUT2D eigenvalue weighted by Crippen LogP contribution is -2.23. The molecule has 0 fully saturated rings. The molecule has 110 valence electrons. The van der Waals surface area contributed by atoms with Crippen LogP contribution >= 0.6 is 0 Å². The van der Waals surface area contributed by atoms with E-state index in [1.165, 1.54) is 19.1 Å². The molecule has 0 bridgehead atoms. The summed E-state index contributed by atoms with van der Waals surface area (Å²) in [6, 6.07) is 4.74. The van der Waals surface area contributed by atoms with E-state index >= 15 is 0 Å². The van der Waals surface area contributed by atoms with Gasteiger partial charge in [0.2, 0.25) is 0 Å². The van der Waals surface area contributed by atoms with Gasteiger partial charge in [0.15, 0.2) is 5.78 Å². The molecule has 6 nitrogen and oxygen atoms in total. The van der Waals surface area contributed by atoms with Crippen molar-refractivity contribution >= 4 is 17.2 Å². The van der Waals surface area contributed by atoms with Crippen LogP contribution < -0.4 is 4.90 Å². The number of carbonyl (C=O) groups is 1. The van der Waals surface area contributed by atoms with Gasteiger partial charge in [-0.05, 0) is 46.1 Å². The van der Waals surface area contributed by atoms with E-state index in [4.69, 9.17) is 0 Å². The van der Waals surface area contributed by atoms with Crippen LogP contribution in [0.15, 0.2) is 18.2 Å². The molecule has 0 heterocycles. The number of benzene rings is 1. The third-order valence-corrected chi connectivity index (χ3v) is 3.10. The maximum Gasteiger partial charge on any atom is 0.282 e. The van der Waals surface area contributed by atoms with Crippen LogP contribution in [0.25, 0.3) is 0 Å². The van der Waals surface area contributed by atoms with E-state index in [-0.39, 0.29) is 17.0 Å². The van der Waals surface area contributed by atoms with Crippen molar-refractivity contribution in [3.8, 4) is 0 Å². The number of carbonyl (C=O) groups excluding carboxylic acids is 1. The van der Waals surface area contributed by atoms with E-state index in [0.717, 1.165) is 25.2 Å². The molecule has 0 saturated heterocycles. The van der Waals surface area contributed by atoms with Gasteiger partial charge in [-0.25, -0.2) is 0 Å². The quantitative estimate of drug-likeness (QED) is 0.435. The summed E-state index contributed by atoms with van der Waals surface area (Å²) in [4.78, 5) is 26.0. The summed E-state index contributed by atoms with van der Waals surface area (Å²) in [5.41, 5.74) is 0.773. The van der Waals surface area contributed by atoms with Crippen LogP contribution in [0.2, 0.25) is 0 Å². The molecule has 0 radical (unpaired) electrons. The fourth-order valence-electron chi connectivity index (χ4n) is 1.96. The largest absolute Gasteiger partial charge is 0.374 e. The number of nitro benzene ring substituents is 1. The van der Waals surface area contributed by atoms with Crippen LogP contribution in [-0.2, 0) is 0 Å². The number of ketones is 1. The van der Waals surface area contributed by atoms with Crippen LogP contribution in [0.5, 0.6) is 0 Å². The van der Waals surface area contributed by atoms with Crippen molar-refractivity contribution < 1.29 is 9.72 Å². The molecular weight excluding hydrogens is 258 g/mol. The fraction of sp³-hybridized carbons (Fsp3) is 0.500. The number of rotatable bonds is 7. The Morgan fingerprint density at radius 1 is 1.25 bits per heavy atom. The Balaban J connectivity index is 2.88. The zero-order valence-corrected chi connectivity index (χ0v) is 12.4. The Morgan fingerprint density at radius 3 is 2.40 bits per heavy atom. The summed E-state index contributed by atoms with van der Waals surface area (Å²) in [7, 11) is 5.90. The predicted molar refractivity (Wildman–Crippen MR) is 79.5 cm³/mol. The molecule has 1 aromatic carbocycles. The summed E-state index contributed by atoms with van der Waals surface area (Å²) in [5.74, 6) is -0.293. The van der Waals surface area contributed by atoms with E-state index in [2.05, 4.69) is 4.90 Å². The van der Waals surface area contributed by atoms with Gasteiger partial charge in [-0.15, -0.1) is 0 Å². The van der Waals surface area contributed by atoms with Crippen molar-refractivity contribution in [2.24, 2.45) is 0 Å². The molecule has 0 aromatic heterocycles. The monoisotopic (exact) mass is 279 g/mol. The number of Topliss-reactive ketones (excluding diaryl/α,β-unsaturated/α-hetero) is 1. The molecule has 0 unspecified atom stereocenters. The first kappa shape index (κ1) is 16.1. The molecule has 0 atom stereocenters. The minimum absolute atomic E-state index is 0.130. The number of hydrogen-bond donors (Lipinski definition) is 0. The SMILES string of the molecule is CC(=O)c1ccc(N(C)CCCN(C)C)cc1[N+](=O)[O-]. The number of anilines is 1. The first-order valence-electron chi connectivity index (χ1n) is 6.48. The molecular formula is C14H21N3O3. The zero-order valence-electron chi connectivity index (χ0n) is 12.4. The summed E-state index contributed by atoms with van der Waals surface area (Å²) >= 11 is 0. The van der Waals surface area contributed by atoms with E-state index in [1.54, 1.807) is 6.07 Å². The van der Waals surface area contributed by atoms with Gasteiger partial charge in [0.1, 0.15) is 0 Å². The van der Waals surface area contributed by atoms with Crippen LogP contribution in [0.3, 0.4) is 0 Å². The Morgan fingerprint density at radius 2 is 1.90 bits per heavy atom. The van der Waals surface area contributed by atoms with Crippen molar-refractivity contribution in [1.82, 2.24) is 4.90 Å². The lowest BCUT2D eigenvalue weighted by atomic mass is 10.1. The zero-order chi connectivity index (χ0) is 15.3. The van der Waals surface area contributed by atoms with Crippen molar-refractivity contribution in [1.29, 1.82) is 0 Å². The molecule has 20 heavy (non-hydrogen) atoms. The standard InChI is InChI=1S/C14H21N3O3/c1-11(18)13-7-6-12(10-14(13)17(19)20)16(4)9-5-8-15(2)3/h6-7,10H,5,8-9H2,1-4H3. The molecule has 0 amide bonds. The lowest BCUT2D eigenvalue weighted by molar-refractivity contribution is -0.385. The van der Waals surface area contributed by atoms with Gasteiger partial charge in [0.05, 0.1) is 10.5 Å². The summed E-state index contributed by atoms with van der Waals surface area (Å²) in [6.07, 6.45) is 0.964. The Hall–Kier alpha value is -1.95. The first-order valence-corrected chi connectivity index (χ1v) is 6.48. The van der Waals surface area contributed by atoms with E-state index < -0.39 is 4.92 Å². The van der Waals surface area contributed by atoms with Crippen molar-refractivity contribution in [3.63, 3.8) is 0 Å². The molecule has 0 spiro atoms. The van der Waals surface area contributed by atoms with Crippen LogP contribution in [0.4, 0.5) is 11.4 Å². The Kier molecular flexibility index (Phi) is 5.64. The van der Waals surface area contributed by atoms with Gasteiger partial charge >= 0.3 is 0 Å². The highest BCUT2D eigenvalue weighted by Crippen LogP contribution is 2.25. The molecule has 0 saturated carbocycles. The summed E-state index contributed by atoms with van der Waals surface area (Å²) in [5, 5.41) is 11.0. The van der Waals surface area contributed by atoms with Crippen molar-refractivity contribution in [2.75, 3.05) is 39.1 Å². The Labute approximate surface area is 119 Å². The smallest absolute Gasteiger partial charge is 0.282 e. The van der Waals surface area contributed by atoms with Gasteiger partial charge in [-0.2, -0.15) is 0 Å². The molecule has 1 aromatic rings. The topological polar surface area (TPSA) is 66.7 Å². The van der Waals surface area contributed by atoms with Crippen LogP contribution in [0.1, 0.15) is 23.7 Å². The second-order valence-electron chi connectivity index (χ2n) is 5.09. The van der Waals surface area contributed by atoms with Crippen LogP contribution in [-0.4, -0.2) is 49.8 Å². The highest BCUT2D eigenvalue weighted by Gasteiger charge is 2.18. The second-order valence-corrected chi connectivity index (χ2v) is 5.09. The fourth-order valence-corrected chi connectivity index (χ4v) is 1.96. The van der Waals surface area contributed by atoms with Crippen molar-refractivity contribution in [2.45, 2.75) is 13.3 Å². The molecule has 0 aliphatic rings. The lowest BCUT2D eigenvalue weighted by Gasteiger charge is -2.20. The third kappa shape index (κ3) is 4.31. The molecule has 6 heteroatoms. The van der Waals surface area contributed by atoms with Gasteiger partial charge in [-0.3, -0.25) is 14.9 Å². The molecule has 0 aliphatic carbocycles. The summed E-state index contributed by atoms with van der Waals surface area (Å²) < 4.78 is 0. The van der Waals surface area contributed by atoms with Gasteiger partial charge in [-0.1, -0.05) is 0 Å². The average molecular weight is 279 g/mol. The highest BCUT2D eigenvalue weighted by atomic mass is 16.6. The Bertz CT molecular complexity index is 500. The maximum absolute atomic E-state index is 11.4. The van der Waals surface area contributed by atoms with E-state index in [9.17, 15) is 14.9 Å². The van der Waals surface area contributed by atoms with Crippen molar-refractivity contribution in [3.05, 3.63) is 33.9 Å². The predicted octanol–water partition coefficient (Wildman–Crippen LogP) is 2.19. The first-order chi connectivity index (χ1) is 9.32. The molecule has 1 rings (SSSR count). The minimum atomic E-state index is -0.506. The minimum Gasteiger partial charge on any atom is -0.374 e. The molecule has 0 N–H and O–H groups in total. The highest BCUT2D eigenvalue weighted by molar-refractivity contribution is 5.98. The van der Waals surface area contributed by atoms with Gasteiger partial charge in [0, 0.05) is 25.3 Å². The summed E-state index contributed by atoms with van der Waals surface area (Å²) in [6.45, 7) is 3.09.